The average molecular weight is 760 g/mol. The predicted molar refractivity (Wildman–Crippen MR) is 232 cm³/mol. The highest BCUT2D eigenvalue weighted by molar-refractivity contribution is 6.26. The normalized spacial score (nSPS) is 19.2. The summed E-state index contributed by atoms with van der Waals surface area (Å²) in [6, 6.07) is -26.3. The van der Waals surface area contributed by atoms with E-state index in [9.17, 15) is 15.1 Å². The Hall–Kier alpha value is -7.83. The van der Waals surface area contributed by atoms with Gasteiger partial charge in [-0.3, -0.25) is 4.57 Å². The van der Waals surface area contributed by atoms with Gasteiger partial charge in [0, 0.05) is 49.1 Å². The third kappa shape index (κ3) is 4.87. The lowest BCUT2D eigenvalue weighted by molar-refractivity contribution is 0.669. The topological polar surface area (TPSA) is 61.7 Å². The zero-order chi connectivity index (χ0) is 63.6. The van der Waals surface area contributed by atoms with E-state index >= 15 is 0 Å². The van der Waals surface area contributed by atoms with Crippen LogP contribution in [0.2, 0.25) is 0 Å². The Morgan fingerprint density at radius 2 is 1.07 bits per heavy atom. The summed E-state index contributed by atoms with van der Waals surface area (Å²) in [5.41, 5.74) is -7.79. The van der Waals surface area contributed by atoms with Gasteiger partial charge >= 0.3 is 0 Å². The zero-order valence-electron chi connectivity index (χ0n) is 58.2. The highest BCUT2D eigenvalue weighted by Gasteiger charge is 2.23. The van der Waals surface area contributed by atoms with Crippen LogP contribution in [0.4, 0.5) is 0 Å². The van der Waals surface area contributed by atoms with E-state index in [-0.39, 0.29) is 16.4 Å². The fourth-order valence-corrected chi connectivity index (χ4v) is 6.71. The summed E-state index contributed by atoms with van der Waals surface area (Å²) in [5.74, 6) is -2.67. The van der Waals surface area contributed by atoms with Crippen molar-refractivity contribution in [1.29, 1.82) is 0 Å². The van der Waals surface area contributed by atoms with Crippen molar-refractivity contribution >= 4 is 65.6 Å². The summed E-state index contributed by atoms with van der Waals surface area (Å²) in [6.07, 6.45) is 0. The van der Waals surface area contributed by atoms with Gasteiger partial charge in [-0.15, -0.1) is 0 Å². The minimum atomic E-state index is -1.08. The van der Waals surface area contributed by atoms with Gasteiger partial charge in [0.25, 0.3) is 0 Å². The van der Waals surface area contributed by atoms with E-state index in [1.54, 1.807) is 0 Å². The lowest BCUT2D eigenvalue weighted by Gasteiger charge is -2.12. The van der Waals surface area contributed by atoms with E-state index in [2.05, 4.69) is 15.0 Å². The van der Waals surface area contributed by atoms with Crippen molar-refractivity contribution in [3.05, 3.63) is 187 Å². The highest BCUT2D eigenvalue weighted by Crippen LogP contribution is 2.42. The lowest BCUT2D eigenvalue weighted by Crippen LogP contribution is -2.06. The molecule has 0 spiro atoms. The number of para-hydroxylation sites is 3. The summed E-state index contributed by atoms with van der Waals surface area (Å²) in [5, 5.41) is -2.87. The van der Waals surface area contributed by atoms with Crippen LogP contribution in [-0.4, -0.2) is 24.1 Å². The molecule has 12 rings (SSSR count). The molecule has 0 bridgehead atoms. The molecule has 0 saturated heterocycles. The van der Waals surface area contributed by atoms with Gasteiger partial charge in [-0.25, -0.2) is 4.98 Å². The number of aromatic nitrogens is 5. The molecule has 0 fully saturated rings. The van der Waals surface area contributed by atoms with Gasteiger partial charge in [-0.05, 0) is 59.5 Å². The van der Waals surface area contributed by atoms with Crippen LogP contribution in [0.5, 0.6) is 0 Å². The van der Waals surface area contributed by atoms with E-state index < -0.39 is 276 Å². The maximum atomic E-state index is 9.93. The Morgan fingerprint density at radius 3 is 1.89 bits per heavy atom. The second kappa shape index (κ2) is 12.3. The van der Waals surface area contributed by atoms with Gasteiger partial charge < -0.3 is 8.98 Å². The number of benzene rings is 8. The van der Waals surface area contributed by atoms with Crippen molar-refractivity contribution in [2.24, 2.45) is 0 Å². The maximum absolute atomic E-state index is 9.93. The van der Waals surface area contributed by atoms with Crippen molar-refractivity contribution in [1.82, 2.24) is 24.1 Å². The smallest absolute Gasteiger partial charge is 0.238 e. The Morgan fingerprint density at radius 1 is 0.404 bits per heavy atom. The predicted octanol–water partition coefficient (Wildman–Crippen LogP) is 13.0. The first-order valence-corrected chi connectivity index (χ1v) is 16.7. The van der Waals surface area contributed by atoms with Crippen molar-refractivity contribution in [3.8, 4) is 45.5 Å². The minimum absolute atomic E-state index is 0.106. The first-order valence-electron chi connectivity index (χ1n) is 31.7. The lowest BCUT2D eigenvalue weighted by atomic mass is 10.0. The van der Waals surface area contributed by atoms with Crippen molar-refractivity contribution < 1.29 is 45.5 Å². The van der Waals surface area contributed by atoms with Gasteiger partial charge in [-0.2, -0.15) is 9.97 Å². The van der Waals surface area contributed by atoms with E-state index in [1.807, 2.05) is 0 Å². The number of furan rings is 1. The fraction of sp³-hybridized carbons (Fsp3) is 0. The molecule has 0 amide bonds. The third-order valence-corrected chi connectivity index (χ3v) is 9.06. The minimum Gasteiger partial charge on any atom is -0.456 e. The number of rotatable bonds is 5. The molecule has 0 saturated carbocycles. The van der Waals surface area contributed by atoms with E-state index in [0.717, 1.165) is 15.2 Å². The van der Waals surface area contributed by atoms with Crippen LogP contribution in [0.25, 0.3) is 111 Å². The van der Waals surface area contributed by atoms with Crippen LogP contribution < -0.4 is 0 Å². The zero-order valence-corrected chi connectivity index (χ0v) is 28.2. The molecule has 6 heteroatoms. The molecule has 12 aromatic rings. The Kier molecular flexibility index (Phi) is 3.04. The van der Waals surface area contributed by atoms with Crippen LogP contribution in [0.3, 0.4) is 0 Å². The standard InChI is InChI=1S/C51H31N5O/c1-3-14-32(15-4-1)34-18-13-19-36(30-34)55-42-23-10-7-20-37(42)40-28-29-44-47(48(40)55)41-22-8-11-24-43(41)56(44)51-53-49(33-16-5-2-6-17-33)52-50(54-51)35-26-27-39-38-21-9-12-25-45(38)57-46(39)31-35/h1-31H/i1D,2D,3D,4D,5D,6D,7D,8D,9D,10D,11D,12D,13D,14D,15D,16D,17D,18D,19D,20D,22D,23D,24D,25D,26D,27D,28D,29D,30D,31D. The Balaban J connectivity index is 1.35. The van der Waals surface area contributed by atoms with Gasteiger partial charge in [0.1, 0.15) is 11.2 Å². The summed E-state index contributed by atoms with van der Waals surface area (Å²) < 4.78 is 278. The number of hydrogen-bond donors (Lipinski definition) is 0. The molecule has 8 aromatic carbocycles. The van der Waals surface area contributed by atoms with Crippen molar-refractivity contribution in [3.63, 3.8) is 0 Å². The quantitative estimate of drug-likeness (QED) is 0.175. The highest BCUT2D eigenvalue weighted by atomic mass is 16.3. The first-order chi connectivity index (χ1) is 40.7. The molecule has 0 unspecified atom stereocenters. The molecular weight excluding hydrogens is 699 g/mol. The molecule has 4 heterocycles. The summed E-state index contributed by atoms with van der Waals surface area (Å²) >= 11 is 0. The largest absolute Gasteiger partial charge is 0.456 e. The van der Waals surface area contributed by atoms with Crippen molar-refractivity contribution in [2.75, 3.05) is 0 Å². The van der Waals surface area contributed by atoms with Gasteiger partial charge in [-0.1, -0.05) is 139 Å². The number of hydrogen-bond acceptors (Lipinski definition) is 4. The molecule has 0 aliphatic carbocycles. The van der Waals surface area contributed by atoms with E-state index in [0.29, 0.717) is 0 Å². The summed E-state index contributed by atoms with van der Waals surface area (Å²) in [6.45, 7) is 0. The Labute approximate surface area is 368 Å². The summed E-state index contributed by atoms with van der Waals surface area (Å²) in [4.78, 5) is 13.5. The molecule has 57 heavy (non-hydrogen) atoms. The third-order valence-electron chi connectivity index (χ3n) is 9.06. The second-order valence-corrected chi connectivity index (χ2v) is 12.2. The molecule has 0 aliphatic heterocycles. The van der Waals surface area contributed by atoms with E-state index in [1.165, 1.54) is 0 Å². The molecule has 0 aliphatic rings. The van der Waals surface area contributed by atoms with Crippen LogP contribution in [0.15, 0.2) is 192 Å². The first kappa shape index (κ1) is 14.0. The van der Waals surface area contributed by atoms with Crippen LogP contribution in [-0.2, 0) is 0 Å². The monoisotopic (exact) mass is 759 g/mol. The molecular formula is C51H31N5O. The summed E-state index contributed by atoms with van der Waals surface area (Å²) in [7, 11) is 0. The molecule has 4 aromatic heterocycles. The molecule has 0 N–H and O–H groups in total. The second-order valence-electron chi connectivity index (χ2n) is 12.2. The van der Waals surface area contributed by atoms with Crippen LogP contribution in [0.1, 0.15) is 41.1 Å². The molecule has 0 radical (unpaired) electrons. The van der Waals surface area contributed by atoms with Crippen molar-refractivity contribution in [2.45, 2.75) is 0 Å². The Bertz CT molecular complexity index is 5240. The number of nitrogens with zero attached hydrogens (tertiary/aromatic N) is 5. The van der Waals surface area contributed by atoms with Gasteiger partial charge in [0.2, 0.25) is 5.95 Å². The van der Waals surface area contributed by atoms with Gasteiger partial charge in [0.05, 0.1) is 63.2 Å². The maximum Gasteiger partial charge on any atom is 0.238 e. The van der Waals surface area contributed by atoms with Crippen LogP contribution >= 0.6 is 0 Å². The van der Waals surface area contributed by atoms with Crippen LogP contribution in [0, 0.1) is 0 Å². The molecule has 6 nitrogen and oxygen atoms in total. The molecule has 266 valence electrons. The van der Waals surface area contributed by atoms with Gasteiger partial charge in [0.15, 0.2) is 11.6 Å². The SMILES string of the molecule is [2H]c1cc2c(oc3c([2H])c(-c4nc(-c5c([2H])c([2H])c([2H])c([2H])c5[2H])nc(-n5c6c([2H])c([2H])c([2H])c([2H])c6c6c5c([2H])c([2H])c5c7c([2H])c([2H])c([2H])c([2H])c7n(-c7c([2H])c([2H])c([2H])c(-c8c([2H])c([2H])c([2H])c([2H])c8[2H])c7[2H])c56)n4)c([2H])c([2H])c32)c([2H])c1[2H]. The number of fused-ring (bicyclic) bond motifs is 10. The fourth-order valence-electron chi connectivity index (χ4n) is 6.71. The van der Waals surface area contributed by atoms with E-state index in [4.69, 9.17) is 30.5 Å². The molecule has 0 atom stereocenters. The average Bonchev–Trinajstić information content (AvgIpc) is 1.53.